The summed E-state index contributed by atoms with van der Waals surface area (Å²) in [5.41, 5.74) is 1.26. The van der Waals surface area contributed by atoms with Crippen LogP contribution in [-0.4, -0.2) is 19.8 Å². The fourth-order valence-corrected chi connectivity index (χ4v) is 2.57. The Balaban J connectivity index is 1.36. The molecule has 21 heavy (non-hydrogen) atoms. The SMILES string of the molecule is c1coc(COCCCNC2CCOc3ccccc32)c1. The van der Waals surface area contributed by atoms with Gasteiger partial charge in [-0.05, 0) is 31.2 Å². The lowest BCUT2D eigenvalue weighted by atomic mass is 10.0. The lowest BCUT2D eigenvalue weighted by Gasteiger charge is -2.26. The molecule has 1 aromatic heterocycles. The van der Waals surface area contributed by atoms with Crippen LogP contribution < -0.4 is 10.1 Å². The molecule has 4 nitrogen and oxygen atoms in total. The van der Waals surface area contributed by atoms with Gasteiger partial charge in [-0.1, -0.05) is 18.2 Å². The van der Waals surface area contributed by atoms with Gasteiger partial charge in [-0.25, -0.2) is 0 Å². The Morgan fingerprint density at radius 1 is 1.19 bits per heavy atom. The largest absolute Gasteiger partial charge is 0.493 e. The van der Waals surface area contributed by atoms with E-state index in [0.717, 1.165) is 44.1 Å². The maximum atomic E-state index is 5.66. The maximum absolute atomic E-state index is 5.66. The third kappa shape index (κ3) is 3.86. The van der Waals surface area contributed by atoms with Gasteiger partial charge in [0.15, 0.2) is 0 Å². The molecule has 0 spiro atoms. The Kier molecular flexibility index (Phi) is 4.92. The molecule has 1 aliphatic rings. The van der Waals surface area contributed by atoms with Crippen LogP contribution in [0.1, 0.15) is 30.2 Å². The number of nitrogens with one attached hydrogen (secondary N) is 1. The minimum Gasteiger partial charge on any atom is -0.493 e. The number of para-hydroxylation sites is 1. The number of ether oxygens (including phenoxy) is 2. The van der Waals surface area contributed by atoms with E-state index in [4.69, 9.17) is 13.9 Å². The standard InChI is InChI=1S/C17H21NO3/c1-2-7-17-15(6-1)16(8-12-21-17)18-9-4-10-19-13-14-5-3-11-20-14/h1-3,5-7,11,16,18H,4,8-10,12-13H2. The highest BCUT2D eigenvalue weighted by atomic mass is 16.5. The Morgan fingerprint density at radius 2 is 2.14 bits per heavy atom. The second-order valence-corrected chi connectivity index (χ2v) is 5.17. The predicted octanol–water partition coefficient (Wildman–Crippen LogP) is 3.30. The summed E-state index contributed by atoms with van der Waals surface area (Å²) < 4.78 is 16.5. The molecule has 3 rings (SSSR count). The third-order valence-corrected chi connectivity index (χ3v) is 3.64. The van der Waals surface area contributed by atoms with E-state index in [2.05, 4.69) is 17.4 Å². The van der Waals surface area contributed by atoms with Crippen LogP contribution in [0.4, 0.5) is 0 Å². The van der Waals surface area contributed by atoms with Crippen molar-refractivity contribution in [1.29, 1.82) is 0 Å². The molecule has 4 heteroatoms. The Bertz CT molecular complexity index is 539. The van der Waals surface area contributed by atoms with E-state index in [1.807, 2.05) is 24.3 Å². The zero-order valence-electron chi connectivity index (χ0n) is 12.1. The lowest BCUT2D eigenvalue weighted by Crippen LogP contribution is -2.28. The number of hydrogen-bond donors (Lipinski definition) is 1. The fraction of sp³-hybridized carbons (Fsp3) is 0.412. The summed E-state index contributed by atoms with van der Waals surface area (Å²) in [6.45, 7) is 3.01. The van der Waals surface area contributed by atoms with Gasteiger partial charge in [-0.3, -0.25) is 0 Å². The van der Waals surface area contributed by atoms with Crippen LogP contribution in [-0.2, 0) is 11.3 Å². The molecule has 0 saturated carbocycles. The molecule has 2 aromatic rings. The minimum absolute atomic E-state index is 0.389. The van der Waals surface area contributed by atoms with Crippen molar-refractivity contribution >= 4 is 0 Å². The van der Waals surface area contributed by atoms with E-state index < -0.39 is 0 Å². The van der Waals surface area contributed by atoms with Crippen LogP contribution in [0, 0.1) is 0 Å². The summed E-state index contributed by atoms with van der Waals surface area (Å²) >= 11 is 0. The number of rotatable bonds is 7. The van der Waals surface area contributed by atoms with E-state index in [-0.39, 0.29) is 0 Å². The number of fused-ring (bicyclic) bond motifs is 1. The second kappa shape index (κ2) is 7.29. The topological polar surface area (TPSA) is 43.6 Å². The van der Waals surface area contributed by atoms with E-state index >= 15 is 0 Å². The van der Waals surface area contributed by atoms with Crippen LogP contribution in [0.3, 0.4) is 0 Å². The Labute approximate surface area is 125 Å². The molecule has 1 N–H and O–H groups in total. The summed E-state index contributed by atoms with van der Waals surface area (Å²) in [5.74, 6) is 1.89. The summed E-state index contributed by atoms with van der Waals surface area (Å²) in [6, 6.07) is 12.5. The monoisotopic (exact) mass is 287 g/mol. The van der Waals surface area contributed by atoms with Crippen molar-refractivity contribution in [3.8, 4) is 5.75 Å². The van der Waals surface area contributed by atoms with Gasteiger partial charge in [0.2, 0.25) is 0 Å². The van der Waals surface area contributed by atoms with Crippen LogP contribution in [0.25, 0.3) is 0 Å². The van der Waals surface area contributed by atoms with Gasteiger partial charge in [0.05, 0.1) is 12.9 Å². The fourth-order valence-electron chi connectivity index (χ4n) is 2.57. The minimum atomic E-state index is 0.389. The van der Waals surface area contributed by atoms with Gasteiger partial charge in [0, 0.05) is 24.6 Å². The highest BCUT2D eigenvalue weighted by Gasteiger charge is 2.19. The van der Waals surface area contributed by atoms with Crippen LogP contribution >= 0.6 is 0 Å². The highest BCUT2D eigenvalue weighted by Crippen LogP contribution is 2.31. The smallest absolute Gasteiger partial charge is 0.129 e. The van der Waals surface area contributed by atoms with Crippen LogP contribution in [0.15, 0.2) is 47.1 Å². The van der Waals surface area contributed by atoms with Crippen LogP contribution in [0.5, 0.6) is 5.75 Å². The first-order valence-corrected chi connectivity index (χ1v) is 7.49. The highest BCUT2D eigenvalue weighted by molar-refractivity contribution is 5.37. The molecular formula is C17H21NO3. The van der Waals surface area contributed by atoms with Crippen LogP contribution in [0.2, 0.25) is 0 Å². The summed E-state index contributed by atoms with van der Waals surface area (Å²) in [7, 11) is 0. The van der Waals surface area contributed by atoms with Crippen molar-refractivity contribution in [2.45, 2.75) is 25.5 Å². The van der Waals surface area contributed by atoms with Gasteiger partial charge >= 0.3 is 0 Å². The molecule has 1 atom stereocenters. The van der Waals surface area contributed by atoms with Gasteiger partial charge < -0.3 is 19.2 Å². The molecule has 1 aromatic carbocycles. The van der Waals surface area contributed by atoms with Crippen molar-refractivity contribution in [1.82, 2.24) is 5.32 Å². The average Bonchev–Trinajstić information content (AvgIpc) is 3.04. The summed E-state index contributed by atoms with van der Waals surface area (Å²) in [6.07, 6.45) is 3.67. The molecular weight excluding hydrogens is 266 g/mol. The zero-order valence-corrected chi connectivity index (χ0v) is 12.1. The third-order valence-electron chi connectivity index (χ3n) is 3.64. The van der Waals surface area contributed by atoms with Gasteiger partial charge in [0.25, 0.3) is 0 Å². The van der Waals surface area contributed by atoms with E-state index in [1.54, 1.807) is 6.26 Å². The van der Waals surface area contributed by atoms with Gasteiger partial charge in [-0.15, -0.1) is 0 Å². The Hall–Kier alpha value is -1.78. The van der Waals surface area contributed by atoms with Crippen molar-refractivity contribution < 1.29 is 13.9 Å². The number of hydrogen-bond acceptors (Lipinski definition) is 4. The predicted molar refractivity (Wildman–Crippen MR) is 80.3 cm³/mol. The van der Waals surface area contributed by atoms with Crippen molar-refractivity contribution in [2.24, 2.45) is 0 Å². The molecule has 0 fully saturated rings. The van der Waals surface area contributed by atoms with E-state index in [0.29, 0.717) is 12.6 Å². The van der Waals surface area contributed by atoms with Crippen molar-refractivity contribution in [3.63, 3.8) is 0 Å². The van der Waals surface area contributed by atoms with Gasteiger partial charge in [0.1, 0.15) is 18.1 Å². The molecule has 0 bridgehead atoms. The Morgan fingerprint density at radius 3 is 3.05 bits per heavy atom. The zero-order chi connectivity index (χ0) is 14.3. The van der Waals surface area contributed by atoms with E-state index in [1.165, 1.54) is 5.56 Å². The second-order valence-electron chi connectivity index (χ2n) is 5.17. The molecule has 2 heterocycles. The van der Waals surface area contributed by atoms with Gasteiger partial charge in [-0.2, -0.15) is 0 Å². The molecule has 0 saturated heterocycles. The number of furan rings is 1. The molecule has 112 valence electrons. The average molecular weight is 287 g/mol. The lowest BCUT2D eigenvalue weighted by molar-refractivity contribution is 0.103. The first kappa shape index (κ1) is 14.2. The van der Waals surface area contributed by atoms with Crippen molar-refractivity contribution in [2.75, 3.05) is 19.8 Å². The summed E-state index contributed by atoms with van der Waals surface area (Å²) in [4.78, 5) is 0. The van der Waals surface area contributed by atoms with E-state index in [9.17, 15) is 0 Å². The first-order valence-electron chi connectivity index (χ1n) is 7.49. The molecule has 0 amide bonds. The molecule has 1 unspecified atom stereocenters. The number of benzene rings is 1. The quantitative estimate of drug-likeness (QED) is 0.794. The summed E-state index contributed by atoms with van der Waals surface area (Å²) in [5, 5.41) is 3.59. The first-order chi connectivity index (χ1) is 10.4. The van der Waals surface area contributed by atoms with Crippen molar-refractivity contribution in [3.05, 3.63) is 54.0 Å². The molecule has 1 aliphatic heterocycles. The normalized spacial score (nSPS) is 17.2. The molecule has 0 aliphatic carbocycles. The molecule has 0 radical (unpaired) electrons. The maximum Gasteiger partial charge on any atom is 0.129 e.